The molecule has 1 heterocycles. The minimum absolute atomic E-state index is 0.179. The van der Waals surface area contributed by atoms with Crippen LogP contribution in [0.25, 0.3) is 22.4 Å². The van der Waals surface area contributed by atoms with Crippen molar-refractivity contribution in [1.82, 2.24) is 9.97 Å². The summed E-state index contributed by atoms with van der Waals surface area (Å²) in [6.07, 6.45) is 0. The van der Waals surface area contributed by atoms with E-state index in [0.29, 0.717) is 11.3 Å². The normalized spacial score (nSPS) is 10.8. The van der Waals surface area contributed by atoms with Gasteiger partial charge in [0.05, 0.1) is 18.1 Å². The lowest BCUT2D eigenvalue weighted by atomic mass is 10.1. The molecule has 0 aliphatic heterocycles. The maximum absolute atomic E-state index is 12.4. The van der Waals surface area contributed by atoms with E-state index >= 15 is 0 Å². The van der Waals surface area contributed by atoms with Crippen LogP contribution >= 0.6 is 0 Å². The van der Waals surface area contributed by atoms with Gasteiger partial charge in [0.25, 0.3) is 5.91 Å². The Kier molecular flexibility index (Phi) is 4.57. The van der Waals surface area contributed by atoms with Crippen molar-refractivity contribution in [3.05, 3.63) is 77.4 Å². The summed E-state index contributed by atoms with van der Waals surface area (Å²) in [6.45, 7) is 4.18. The maximum atomic E-state index is 12.4. The van der Waals surface area contributed by atoms with Gasteiger partial charge in [0.1, 0.15) is 11.6 Å². The summed E-state index contributed by atoms with van der Waals surface area (Å²) in [4.78, 5) is 20.5. The van der Waals surface area contributed by atoms with Crippen molar-refractivity contribution in [2.75, 3.05) is 12.4 Å². The molecule has 0 aliphatic rings. The highest BCUT2D eigenvalue weighted by Crippen LogP contribution is 2.24. The molecule has 1 amide bonds. The van der Waals surface area contributed by atoms with E-state index in [0.717, 1.165) is 28.1 Å². The number of nitrogens with zero attached hydrogens (tertiary/aromatic N) is 1. The van der Waals surface area contributed by atoms with Crippen LogP contribution in [0.3, 0.4) is 0 Å². The van der Waals surface area contributed by atoms with Gasteiger partial charge < -0.3 is 15.0 Å². The van der Waals surface area contributed by atoms with Crippen molar-refractivity contribution in [1.29, 1.82) is 0 Å². The van der Waals surface area contributed by atoms with E-state index < -0.39 is 0 Å². The molecule has 28 heavy (non-hydrogen) atoms. The Balaban J connectivity index is 1.54. The smallest absolute Gasteiger partial charge is 0.255 e. The number of anilines is 1. The third-order valence-corrected chi connectivity index (χ3v) is 4.85. The van der Waals surface area contributed by atoms with Crippen molar-refractivity contribution in [2.24, 2.45) is 0 Å². The van der Waals surface area contributed by atoms with Crippen LogP contribution < -0.4 is 10.1 Å². The van der Waals surface area contributed by atoms with Crippen LogP contribution in [-0.2, 0) is 0 Å². The Morgan fingerprint density at radius 3 is 2.50 bits per heavy atom. The van der Waals surface area contributed by atoms with E-state index in [4.69, 9.17) is 4.74 Å². The molecule has 0 fully saturated rings. The quantitative estimate of drug-likeness (QED) is 0.524. The van der Waals surface area contributed by atoms with Crippen LogP contribution in [0.4, 0.5) is 5.69 Å². The Labute approximate surface area is 163 Å². The molecule has 0 unspecified atom stereocenters. The Morgan fingerprint density at radius 1 is 1.00 bits per heavy atom. The molecule has 3 aromatic carbocycles. The highest BCUT2D eigenvalue weighted by atomic mass is 16.5. The molecule has 0 bridgehead atoms. The first kappa shape index (κ1) is 17.8. The van der Waals surface area contributed by atoms with Gasteiger partial charge in [0.2, 0.25) is 0 Å². The summed E-state index contributed by atoms with van der Waals surface area (Å²) in [6, 6.07) is 18.9. The Bertz CT molecular complexity index is 1120. The third-order valence-electron chi connectivity index (χ3n) is 4.85. The number of fused-ring (bicyclic) bond motifs is 1. The zero-order chi connectivity index (χ0) is 19.7. The predicted octanol–water partition coefficient (Wildman–Crippen LogP) is 5.11. The fraction of sp³-hybridized carbons (Fsp3) is 0.130. The molecule has 0 spiro atoms. The number of amides is 1. The van der Waals surface area contributed by atoms with E-state index in [-0.39, 0.29) is 5.91 Å². The molecule has 0 atom stereocenters. The van der Waals surface area contributed by atoms with Crippen LogP contribution in [0.5, 0.6) is 5.75 Å². The SMILES string of the molecule is COc1cccc(C(=O)Nc2ccc(-c3nc4cc(C)c(C)cc4[nH]3)cc2)c1. The van der Waals surface area contributed by atoms with E-state index in [1.54, 1.807) is 25.3 Å². The average molecular weight is 371 g/mol. The Morgan fingerprint density at radius 2 is 1.75 bits per heavy atom. The van der Waals surface area contributed by atoms with Gasteiger partial charge in [0, 0.05) is 16.8 Å². The summed E-state index contributed by atoms with van der Waals surface area (Å²) in [7, 11) is 1.58. The number of ether oxygens (including phenoxy) is 1. The molecule has 0 radical (unpaired) electrons. The van der Waals surface area contributed by atoms with Gasteiger partial charge in [-0.3, -0.25) is 4.79 Å². The number of imidazole rings is 1. The number of aromatic nitrogens is 2. The summed E-state index contributed by atoms with van der Waals surface area (Å²) in [5.41, 5.74) is 6.66. The lowest BCUT2D eigenvalue weighted by Crippen LogP contribution is -2.11. The van der Waals surface area contributed by atoms with Crippen molar-refractivity contribution in [2.45, 2.75) is 13.8 Å². The number of nitrogens with one attached hydrogen (secondary N) is 2. The highest BCUT2D eigenvalue weighted by Gasteiger charge is 2.09. The predicted molar refractivity (Wildman–Crippen MR) is 112 cm³/mol. The molecule has 5 heteroatoms. The van der Waals surface area contributed by atoms with Crippen molar-refractivity contribution in [3.63, 3.8) is 0 Å². The first-order valence-electron chi connectivity index (χ1n) is 9.06. The van der Waals surface area contributed by atoms with Gasteiger partial charge in [0.15, 0.2) is 0 Å². The van der Waals surface area contributed by atoms with Crippen LogP contribution in [-0.4, -0.2) is 23.0 Å². The first-order valence-corrected chi connectivity index (χ1v) is 9.06. The summed E-state index contributed by atoms with van der Waals surface area (Å²) in [5, 5.41) is 2.90. The zero-order valence-electron chi connectivity index (χ0n) is 16.0. The number of benzene rings is 3. The van der Waals surface area contributed by atoms with Gasteiger partial charge in [-0.1, -0.05) is 6.07 Å². The molecule has 1 aromatic heterocycles. The zero-order valence-corrected chi connectivity index (χ0v) is 16.0. The third kappa shape index (κ3) is 3.47. The molecule has 0 aliphatic carbocycles. The van der Waals surface area contributed by atoms with Crippen molar-refractivity contribution in [3.8, 4) is 17.1 Å². The molecule has 2 N–H and O–H groups in total. The van der Waals surface area contributed by atoms with Crippen molar-refractivity contribution >= 4 is 22.6 Å². The fourth-order valence-corrected chi connectivity index (χ4v) is 3.09. The maximum Gasteiger partial charge on any atom is 0.255 e. The molecule has 140 valence electrons. The highest BCUT2D eigenvalue weighted by molar-refractivity contribution is 6.04. The number of hydrogen-bond donors (Lipinski definition) is 2. The molecule has 0 saturated heterocycles. The molecule has 0 saturated carbocycles. The lowest BCUT2D eigenvalue weighted by molar-refractivity contribution is 0.102. The van der Waals surface area contributed by atoms with Gasteiger partial charge in [-0.2, -0.15) is 0 Å². The molecule has 4 rings (SSSR count). The van der Waals surface area contributed by atoms with Gasteiger partial charge in [-0.25, -0.2) is 4.98 Å². The number of carbonyl (C=O) groups is 1. The second kappa shape index (κ2) is 7.19. The van der Waals surface area contributed by atoms with Crippen molar-refractivity contribution < 1.29 is 9.53 Å². The number of carbonyl (C=O) groups excluding carboxylic acids is 1. The number of hydrogen-bond acceptors (Lipinski definition) is 3. The van der Waals surface area contributed by atoms with E-state index in [9.17, 15) is 4.79 Å². The van der Waals surface area contributed by atoms with Gasteiger partial charge >= 0.3 is 0 Å². The van der Waals surface area contributed by atoms with Crippen LogP contribution in [0.2, 0.25) is 0 Å². The summed E-state index contributed by atoms with van der Waals surface area (Å²) in [5.74, 6) is 1.28. The fourth-order valence-electron chi connectivity index (χ4n) is 3.09. The molecule has 4 aromatic rings. The second-order valence-electron chi connectivity index (χ2n) is 6.80. The second-order valence-corrected chi connectivity index (χ2v) is 6.80. The van der Waals surface area contributed by atoms with E-state index in [1.165, 1.54) is 11.1 Å². The average Bonchev–Trinajstić information content (AvgIpc) is 3.11. The minimum atomic E-state index is -0.179. The lowest BCUT2D eigenvalue weighted by Gasteiger charge is -2.07. The van der Waals surface area contributed by atoms with E-state index in [2.05, 4.69) is 41.3 Å². The minimum Gasteiger partial charge on any atom is -0.497 e. The number of aromatic amines is 1. The number of methoxy groups -OCH3 is 1. The molecular weight excluding hydrogens is 350 g/mol. The molecular formula is C23H21N3O2. The standard InChI is InChI=1S/C23H21N3O2/c1-14-11-20-21(12-15(14)2)26-22(25-20)16-7-9-18(10-8-16)24-23(27)17-5-4-6-19(13-17)28-3/h4-13H,1-3H3,(H,24,27)(H,25,26). The molecule has 5 nitrogen and oxygen atoms in total. The topological polar surface area (TPSA) is 67.0 Å². The van der Waals surface area contributed by atoms with Crippen LogP contribution in [0.1, 0.15) is 21.5 Å². The number of rotatable bonds is 4. The van der Waals surface area contributed by atoms with Gasteiger partial charge in [-0.05, 0) is 79.6 Å². The monoisotopic (exact) mass is 371 g/mol. The number of aryl methyl sites for hydroxylation is 2. The first-order chi connectivity index (χ1) is 13.5. The largest absolute Gasteiger partial charge is 0.497 e. The summed E-state index contributed by atoms with van der Waals surface area (Å²) >= 11 is 0. The Hall–Kier alpha value is -3.60. The summed E-state index contributed by atoms with van der Waals surface area (Å²) < 4.78 is 5.17. The number of H-pyrrole nitrogens is 1. The van der Waals surface area contributed by atoms with Gasteiger partial charge in [-0.15, -0.1) is 0 Å². The van der Waals surface area contributed by atoms with Crippen LogP contribution in [0, 0.1) is 13.8 Å². The van der Waals surface area contributed by atoms with E-state index in [1.807, 2.05) is 30.3 Å². The van der Waals surface area contributed by atoms with Crippen LogP contribution in [0.15, 0.2) is 60.7 Å².